The first-order chi connectivity index (χ1) is 21.2. The third kappa shape index (κ3) is 4.21. The summed E-state index contributed by atoms with van der Waals surface area (Å²) >= 11 is 0. The van der Waals surface area contributed by atoms with Gasteiger partial charge in [0.2, 0.25) is 0 Å². The van der Waals surface area contributed by atoms with Crippen molar-refractivity contribution >= 4 is 0 Å². The summed E-state index contributed by atoms with van der Waals surface area (Å²) in [4.78, 5) is 0. The Morgan fingerprint density at radius 3 is 2.24 bits per heavy atom. The zero-order chi connectivity index (χ0) is 32.4. The van der Waals surface area contributed by atoms with Crippen molar-refractivity contribution < 1.29 is 59.8 Å². The summed E-state index contributed by atoms with van der Waals surface area (Å²) in [6.45, 7) is 10.3. The highest BCUT2D eigenvalue weighted by molar-refractivity contribution is 5.24. The van der Waals surface area contributed by atoms with Crippen LogP contribution >= 0.6 is 0 Å². The number of rotatable bonds is 3. The van der Waals surface area contributed by atoms with Crippen LogP contribution < -0.4 is 0 Å². The number of aliphatic hydroxyl groups is 8. The number of hydrogen-bond donors (Lipinski definition) is 8. The largest absolute Gasteiger partial charge is 0.394 e. The van der Waals surface area contributed by atoms with Crippen molar-refractivity contribution in [1.29, 1.82) is 0 Å². The van der Waals surface area contributed by atoms with Crippen molar-refractivity contribution in [2.75, 3.05) is 13.2 Å². The van der Waals surface area contributed by atoms with E-state index in [1.165, 1.54) is 0 Å². The molecule has 4 aliphatic carbocycles. The number of fused-ring (bicyclic) bond motifs is 7. The zero-order valence-corrected chi connectivity index (χ0v) is 26.4. The van der Waals surface area contributed by atoms with Crippen LogP contribution in [0.5, 0.6) is 0 Å². The van der Waals surface area contributed by atoms with Gasteiger partial charge in [-0.15, -0.1) is 0 Å². The van der Waals surface area contributed by atoms with Gasteiger partial charge in [0.1, 0.15) is 48.3 Å². The lowest BCUT2D eigenvalue weighted by molar-refractivity contribution is -0.398. The fourth-order valence-electron chi connectivity index (χ4n) is 11.8. The first kappa shape index (κ1) is 32.8. The molecule has 7 fully saturated rings. The van der Waals surface area contributed by atoms with Crippen LogP contribution in [-0.2, 0) is 18.9 Å². The predicted octanol–water partition coefficient (Wildman–Crippen LogP) is -0.435. The molecule has 45 heavy (non-hydrogen) atoms. The zero-order valence-electron chi connectivity index (χ0n) is 26.4. The molecule has 0 aromatic heterocycles. The topological polar surface area (TPSA) is 199 Å². The molecule has 19 atom stereocenters. The van der Waals surface area contributed by atoms with Gasteiger partial charge in [-0.3, -0.25) is 0 Å². The molecule has 0 bridgehead atoms. The standard InChI is InChI=1S/C33H52O12/c1-14-5-10-33(42-13-14)15(2)21-19(44-33)11-18-16-6-9-32(45-29-26(39)23(36)22(35)20(12-34)43-29)28(41)25(38)24(37)27(40)31(32,4)17(16)7-8-30(18,21)3/h15-29,34-41H,1,5-13H2,2-4H3/t15-,16+,17+,18+,19-,20+,21-,22+,23-,24+,25+,26+,27-,28-,29-,30+,31+,32+,33+/m0/s1. The number of hydrogen-bond acceptors (Lipinski definition) is 12. The fraction of sp³-hybridized carbons (Fsp3) is 0.939. The van der Waals surface area contributed by atoms with Crippen molar-refractivity contribution in [3.8, 4) is 0 Å². The second-order valence-electron chi connectivity index (χ2n) is 15.9. The Kier molecular flexibility index (Phi) is 7.93. The van der Waals surface area contributed by atoms with Gasteiger partial charge in [0.05, 0.1) is 25.4 Å². The van der Waals surface area contributed by atoms with E-state index in [9.17, 15) is 40.9 Å². The van der Waals surface area contributed by atoms with Gasteiger partial charge in [0.25, 0.3) is 0 Å². The van der Waals surface area contributed by atoms with Crippen molar-refractivity contribution in [3.05, 3.63) is 12.2 Å². The number of ether oxygens (including phenoxy) is 4. The molecule has 12 nitrogen and oxygen atoms in total. The van der Waals surface area contributed by atoms with E-state index in [-0.39, 0.29) is 47.5 Å². The van der Waals surface area contributed by atoms with Gasteiger partial charge in [-0.2, -0.15) is 0 Å². The van der Waals surface area contributed by atoms with E-state index >= 15 is 0 Å². The van der Waals surface area contributed by atoms with Gasteiger partial charge in [0, 0.05) is 17.8 Å². The molecule has 12 heteroatoms. The minimum Gasteiger partial charge on any atom is -0.394 e. The maximum atomic E-state index is 11.8. The average molecular weight is 641 g/mol. The van der Waals surface area contributed by atoms with Crippen molar-refractivity contribution in [2.24, 2.45) is 40.4 Å². The lowest BCUT2D eigenvalue weighted by Crippen LogP contribution is -2.79. The molecule has 7 aliphatic rings. The van der Waals surface area contributed by atoms with Crippen LogP contribution in [0.3, 0.4) is 0 Å². The first-order valence-electron chi connectivity index (χ1n) is 16.9. The fourth-order valence-corrected chi connectivity index (χ4v) is 11.8. The molecule has 3 heterocycles. The number of aliphatic hydroxyl groups excluding tert-OH is 8. The van der Waals surface area contributed by atoms with Gasteiger partial charge in [-0.1, -0.05) is 32.9 Å². The molecule has 4 saturated carbocycles. The summed E-state index contributed by atoms with van der Waals surface area (Å²) in [5.41, 5.74) is -1.96. The van der Waals surface area contributed by atoms with Gasteiger partial charge in [0.15, 0.2) is 12.1 Å². The van der Waals surface area contributed by atoms with Crippen LogP contribution in [0.15, 0.2) is 12.2 Å². The Hall–Kier alpha value is -0.740. The maximum Gasteiger partial charge on any atom is 0.187 e. The van der Waals surface area contributed by atoms with E-state index < -0.39 is 78.5 Å². The van der Waals surface area contributed by atoms with Crippen LogP contribution in [0.4, 0.5) is 0 Å². The summed E-state index contributed by atoms with van der Waals surface area (Å²) in [6, 6.07) is 0. The summed E-state index contributed by atoms with van der Waals surface area (Å²) < 4.78 is 25.3. The van der Waals surface area contributed by atoms with E-state index in [4.69, 9.17) is 18.9 Å². The molecule has 3 aliphatic heterocycles. The normalized spacial score (nSPS) is 61.0. The van der Waals surface area contributed by atoms with Gasteiger partial charge in [-0.05, 0) is 67.6 Å². The molecule has 8 N–H and O–H groups in total. The summed E-state index contributed by atoms with van der Waals surface area (Å²) in [7, 11) is 0. The van der Waals surface area contributed by atoms with Gasteiger partial charge >= 0.3 is 0 Å². The monoisotopic (exact) mass is 640 g/mol. The van der Waals surface area contributed by atoms with Gasteiger partial charge in [-0.25, -0.2) is 0 Å². The van der Waals surface area contributed by atoms with E-state index in [1.54, 1.807) is 6.92 Å². The molecule has 0 aromatic rings. The minimum absolute atomic E-state index is 0.0271. The second kappa shape index (κ2) is 10.9. The maximum absolute atomic E-state index is 11.8. The van der Waals surface area contributed by atoms with Crippen molar-refractivity contribution in [3.63, 3.8) is 0 Å². The van der Waals surface area contributed by atoms with E-state index in [0.717, 1.165) is 31.3 Å². The Morgan fingerprint density at radius 1 is 0.867 bits per heavy atom. The lowest BCUT2D eigenvalue weighted by atomic mass is 9.41. The molecule has 256 valence electrons. The molecular weight excluding hydrogens is 588 g/mol. The summed E-state index contributed by atoms with van der Waals surface area (Å²) in [6.07, 6.45) is -9.60. The quantitative estimate of drug-likeness (QED) is 0.147. The third-order valence-electron chi connectivity index (χ3n) is 14.2. The van der Waals surface area contributed by atoms with Crippen LogP contribution in [0.2, 0.25) is 0 Å². The SMILES string of the molecule is C=C1CC[C@@]2(OC1)O[C@H]1C[C@@H]3[C@@H]4CC[C@@]5(O[C@@H]6O[C@H](CO)[C@@H](O)[C@H](O)[C@H]6O)[C@@H](O)[C@H](O)[C@@H](O)[C@H](O)[C@@]5(C)[C@@H]4CC[C@@]3(C)[C@H]1[C@@H]2C. The van der Waals surface area contributed by atoms with Crippen LogP contribution in [0.1, 0.15) is 65.7 Å². The predicted molar refractivity (Wildman–Crippen MR) is 156 cm³/mol. The molecule has 7 rings (SSSR count). The molecule has 0 amide bonds. The molecule has 3 saturated heterocycles. The van der Waals surface area contributed by atoms with E-state index in [2.05, 4.69) is 20.4 Å². The highest BCUT2D eigenvalue weighted by Crippen LogP contribution is 2.72. The smallest absolute Gasteiger partial charge is 0.187 e. The van der Waals surface area contributed by atoms with Crippen LogP contribution in [0, 0.1) is 40.4 Å². The van der Waals surface area contributed by atoms with Crippen LogP contribution in [0.25, 0.3) is 0 Å². The molecule has 0 radical (unpaired) electrons. The van der Waals surface area contributed by atoms with Crippen LogP contribution in [-0.4, -0.2) is 127 Å². The average Bonchev–Trinajstić information content (AvgIpc) is 3.47. The van der Waals surface area contributed by atoms with Gasteiger partial charge < -0.3 is 59.8 Å². The highest BCUT2D eigenvalue weighted by Gasteiger charge is 2.76. The Bertz CT molecular complexity index is 1160. The van der Waals surface area contributed by atoms with E-state index in [0.29, 0.717) is 19.4 Å². The Labute approximate surface area is 263 Å². The molecule has 1 spiro atoms. The lowest BCUT2D eigenvalue weighted by Gasteiger charge is -2.68. The molecule has 0 unspecified atom stereocenters. The van der Waals surface area contributed by atoms with Crippen molar-refractivity contribution in [1.82, 2.24) is 0 Å². The summed E-state index contributed by atoms with van der Waals surface area (Å²) in [5, 5.41) is 87.1. The third-order valence-corrected chi connectivity index (χ3v) is 14.2. The summed E-state index contributed by atoms with van der Waals surface area (Å²) in [5.74, 6) is -0.0339. The van der Waals surface area contributed by atoms with E-state index in [1.807, 2.05) is 0 Å². The van der Waals surface area contributed by atoms with Crippen molar-refractivity contribution in [2.45, 2.75) is 138 Å². The minimum atomic E-state index is -1.74. The molecular formula is C33H52O12. The first-order valence-corrected chi connectivity index (χ1v) is 16.9. The highest BCUT2D eigenvalue weighted by atomic mass is 16.7. The Balaban J connectivity index is 1.21. The second-order valence-corrected chi connectivity index (χ2v) is 15.9. The molecule has 0 aromatic carbocycles. The Morgan fingerprint density at radius 2 is 1.58 bits per heavy atom.